The van der Waals surface area contributed by atoms with Crippen LogP contribution in [0.4, 0.5) is 0 Å². The van der Waals surface area contributed by atoms with E-state index in [1.165, 1.54) is 32.1 Å². The van der Waals surface area contributed by atoms with Gasteiger partial charge < -0.3 is 5.73 Å². The van der Waals surface area contributed by atoms with Crippen molar-refractivity contribution >= 4 is 5.91 Å². The van der Waals surface area contributed by atoms with Crippen LogP contribution in [-0.4, -0.2) is 41.0 Å². The number of carbonyl (C=O) groups excluding carboxylic acids is 1. The molecular formula is C16H29N3O. The summed E-state index contributed by atoms with van der Waals surface area (Å²) in [5, 5.41) is 3.64. The van der Waals surface area contributed by atoms with Crippen LogP contribution in [0.5, 0.6) is 0 Å². The van der Waals surface area contributed by atoms with Crippen molar-refractivity contribution in [1.82, 2.24) is 10.2 Å². The van der Waals surface area contributed by atoms with E-state index in [0.29, 0.717) is 24.0 Å². The zero-order valence-corrected chi connectivity index (χ0v) is 12.9. The monoisotopic (exact) mass is 279 g/mol. The molecule has 3 aliphatic rings. The van der Waals surface area contributed by atoms with E-state index in [1.807, 2.05) is 0 Å². The van der Waals surface area contributed by atoms with Gasteiger partial charge >= 0.3 is 0 Å². The average Bonchev–Trinajstić information content (AvgIpc) is 3.25. The molecule has 1 heterocycles. The summed E-state index contributed by atoms with van der Waals surface area (Å²) < 4.78 is 0. The lowest BCUT2D eigenvalue weighted by molar-refractivity contribution is -0.127. The van der Waals surface area contributed by atoms with Gasteiger partial charge in [0.15, 0.2) is 0 Å². The molecule has 3 rings (SSSR count). The van der Waals surface area contributed by atoms with E-state index in [-0.39, 0.29) is 5.91 Å². The predicted octanol–water partition coefficient (Wildman–Crippen LogP) is 1.64. The maximum atomic E-state index is 12.3. The van der Waals surface area contributed by atoms with Gasteiger partial charge in [0.2, 0.25) is 5.91 Å². The van der Waals surface area contributed by atoms with Crippen molar-refractivity contribution in [3.8, 4) is 0 Å². The summed E-state index contributed by atoms with van der Waals surface area (Å²) in [6.45, 7) is 5.41. The summed E-state index contributed by atoms with van der Waals surface area (Å²) in [5.74, 6) is 0.332. The normalized spacial score (nSPS) is 34.7. The number of nitrogens with zero attached hydrogens (tertiary/aromatic N) is 1. The molecule has 0 aromatic carbocycles. The fourth-order valence-electron chi connectivity index (χ4n) is 3.89. The van der Waals surface area contributed by atoms with Gasteiger partial charge in [0.05, 0.1) is 0 Å². The molecule has 0 radical (unpaired) electrons. The van der Waals surface area contributed by atoms with Gasteiger partial charge in [-0.1, -0.05) is 6.42 Å². The predicted molar refractivity (Wildman–Crippen MR) is 80.3 cm³/mol. The quantitative estimate of drug-likeness (QED) is 0.777. The molecule has 4 nitrogen and oxygen atoms in total. The van der Waals surface area contributed by atoms with E-state index in [4.69, 9.17) is 5.73 Å². The number of nitrogens with two attached hydrogens (primary N) is 1. The largest absolute Gasteiger partial charge is 0.368 e. The van der Waals surface area contributed by atoms with Crippen LogP contribution >= 0.6 is 0 Å². The second-order valence-corrected chi connectivity index (χ2v) is 7.33. The third-order valence-corrected chi connectivity index (χ3v) is 5.56. The Labute approximate surface area is 122 Å². The van der Waals surface area contributed by atoms with Gasteiger partial charge in [-0.05, 0) is 58.3 Å². The Morgan fingerprint density at radius 3 is 2.20 bits per heavy atom. The van der Waals surface area contributed by atoms with Crippen LogP contribution in [-0.2, 0) is 4.79 Å². The minimum atomic E-state index is -0.471. The Kier molecular flexibility index (Phi) is 3.80. The summed E-state index contributed by atoms with van der Waals surface area (Å²) in [7, 11) is 0. The van der Waals surface area contributed by atoms with E-state index in [9.17, 15) is 4.79 Å². The van der Waals surface area contributed by atoms with Gasteiger partial charge in [-0.2, -0.15) is 0 Å². The van der Waals surface area contributed by atoms with Crippen molar-refractivity contribution < 1.29 is 4.79 Å². The van der Waals surface area contributed by atoms with Crippen LogP contribution in [0.3, 0.4) is 0 Å². The number of piperidine rings is 1. The summed E-state index contributed by atoms with van der Waals surface area (Å²) in [4.78, 5) is 14.8. The lowest BCUT2D eigenvalue weighted by Crippen LogP contribution is -2.66. The highest BCUT2D eigenvalue weighted by Gasteiger charge is 2.53. The third kappa shape index (κ3) is 2.73. The molecular weight excluding hydrogens is 250 g/mol. The molecule has 0 spiro atoms. The number of carbonyl (C=O) groups is 1. The van der Waals surface area contributed by atoms with Gasteiger partial charge in [-0.15, -0.1) is 0 Å². The molecule has 114 valence electrons. The molecule has 3 fully saturated rings. The highest BCUT2D eigenvalue weighted by Crippen LogP contribution is 2.43. The second kappa shape index (κ2) is 5.30. The molecule has 2 saturated carbocycles. The Morgan fingerprint density at radius 1 is 1.15 bits per heavy atom. The summed E-state index contributed by atoms with van der Waals surface area (Å²) in [6, 6.07) is 1.66. The van der Waals surface area contributed by atoms with Crippen LogP contribution in [0.2, 0.25) is 0 Å². The molecule has 1 aliphatic heterocycles. The number of amides is 1. The lowest BCUT2D eigenvalue weighted by Gasteiger charge is -2.45. The van der Waals surface area contributed by atoms with Gasteiger partial charge in [0, 0.05) is 24.7 Å². The lowest BCUT2D eigenvalue weighted by atomic mass is 9.87. The number of nitrogens with one attached hydrogen (secondary N) is 1. The summed E-state index contributed by atoms with van der Waals surface area (Å²) in [6.07, 6.45) is 8.50. The summed E-state index contributed by atoms with van der Waals surface area (Å²) in [5.41, 5.74) is 5.40. The number of hydrogen-bond donors (Lipinski definition) is 2. The molecule has 3 unspecified atom stereocenters. The van der Waals surface area contributed by atoms with Crippen molar-refractivity contribution in [3.63, 3.8) is 0 Å². The standard InChI is InChI=1S/C16H29N3O/c1-11-4-3-5-12(2)19(11)10-16(15(17)20,13-6-7-13)18-14-8-9-14/h11-14,18H,3-10H2,1-2H3,(H2,17,20). The number of hydrogen-bond acceptors (Lipinski definition) is 3. The molecule has 20 heavy (non-hydrogen) atoms. The summed E-state index contributed by atoms with van der Waals surface area (Å²) >= 11 is 0. The molecule has 3 N–H and O–H groups in total. The molecule has 0 aromatic rings. The molecule has 3 atom stereocenters. The van der Waals surface area contributed by atoms with E-state index in [0.717, 1.165) is 19.4 Å². The van der Waals surface area contributed by atoms with Crippen molar-refractivity contribution in [2.75, 3.05) is 6.54 Å². The van der Waals surface area contributed by atoms with E-state index >= 15 is 0 Å². The van der Waals surface area contributed by atoms with Crippen LogP contribution in [0.15, 0.2) is 0 Å². The Hall–Kier alpha value is -0.610. The van der Waals surface area contributed by atoms with Gasteiger partial charge in [-0.3, -0.25) is 15.0 Å². The number of rotatable bonds is 6. The average molecular weight is 279 g/mol. The maximum absolute atomic E-state index is 12.3. The highest BCUT2D eigenvalue weighted by atomic mass is 16.1. The molecule has 4 heteroatoms. The topological polar surface area (TPSA) is 58.4 Å². The fourth-order valence-corrected chi connectivity index (χ4v) is 3.89. The van der Waals surface area contributed by atoms with Gasteiger partial charge in [0.25, 0.3) is 0 Å². The van der Waals surface area contributed by atoms with Crippen molar-refractivity contribution in [1.29, 1.82) is 0 Å². The smallest absolute Gasteiger partial charge is 0.239 e. The first kappa shape index (κ1) is 14.3. The Bertz CT molecular complexity index is 368. The molecule has 0 aromatic heterocycles. The molecule has 1 saturated heterocycles. The first-order chi connectivity index (χ1) is 9.53. The van der Waals surface area contributed by atoms with Crippen LogP contribution in [0.1, 0.15) is 58.8 Å². The van der Waals surface area contributed by atoms with Crippen LogP contribution in [0, 0.1) is 5.92 Å². The Balaban J connectivity index is 1.78. The van der Waals surface area contributed by atoms with E-state index in [2.05, 4.69) is 24.1 Å². The highest BCUT2D eigenvalue weighted by molar-refractivity contribution is 5.86. The number of primary amides is 1. The molecule has 0 bridgehead atoms. The van der Waals surface area contributed by atoms with E-state index in [1.54, 1.807) is 0 Å². The number of likely N-dealkylation sites (tertiary alicyclic amines) is 1. The zero-order valence-electron chi connectivity index (χ0n) is 12.9. The SMILES string of the molecule is CC1CCCC(C)N1CC(NC1CC1)(C(N)=O)C1CC1. The molecule has 2 aliphatic carbocycles. The zero-order chi connectivity index (χ0) is 14.3. The van der Waals surface area contributed by atoms with Gasteiger partial charge in [0.1, 0.15) is 5.54 Å². The van der Waals surface area contributed by atoms with Crippen LogP contribution < -0.4 is 11.1 Å². The van der Waals surface area contributed by atoms with Gasteiger partial charge in [-0.25, -0.2) is 0 Å². The van der Waals surface area contributed by atoms with Crippen molar-refractivity contribution in [3.05, 3.63) is 0 Å². The van der Waals surface area contributed by atoms with E-state index < -0.39 is 5.54 Å². The Morgan fingerprint density at radius 2 is 1.75 bits per heavy atom. The van der Waals surface area contributed by atoms with Crippen LogP contribution in [0.25, 0.3) is 0 Å². The van der Waals surface area contributed by atoms with Crippen molar-refractivity contribution in [2.45, 2.75) is 82.5 Å². The molecule has 1 amide bonds. The van der Waals surface area contributed by atoms with Crippen molar-refractivity contribution in [2.24, 2.45) is 11.7 Å². The second-order valence-electron chi connectivity index (χ2n) is 7.33. The fraction of sp³-hybridized carbons (Fsp3) is 0.938. The maximum Gasteiger partial charge on any atom is 0.239 e. The minimum absolute atomic E-state index is 0.128. The third-order valence-electron chi connectivity index (χ3n) is 5.56. The first-order valence-corrected chi connectivity index (χ1v) is 8.36. The minimum Gasteiger partial charge on any atom is -0.368 e. The first-order valence-electron chi connectivity index (χ1n) is 8.36.